The van der Waals surface area contributed by atoms with Crippen molar-refractivity contribution in [2.45, 2.75) is 58.3 Å². The molecule has 1 amide bonds. The molecule has 0 bridgehead atoms. The van der Waals surface area contributed by atoms with Gasteiger partial charge >= 0.3 is 6.09 Å². The van der Waals surface area contributed by atoms with Crippen molar-refractivity contribution in [1.82, 2.24) is 5.32 Å². The molecular weight excluding hydrogens is 374 g/mol. The predicted molar refractivity (Wildman–Crippen MR) is 114 cm³/mol. The Morgan fingerprint density at radius 2 is 1.96 bits per heavy atom. The smallest absolute Gasteiger partial charge is 0.408 e. The lowest BCUT2D eigenvalue weighted by Crippen LogP contribution is -2.44. The van der Waals surface area contributed by atoms with Gasteiger partial charge in [-0.15, -0.1) is 0 Å². The van der Waals surface area contributed by atoms with Crippen LogP contribution in [-0.2, 0) is 16.0 Å². The van der Waals surface area contributed by atoms with Crippen molar-refractivity contribution in [1.29, 1.82) is 0 Å². The molecule has 0 spiro atoms. The highest BCUT2D eigenvalue weighted by Gasteiger charge is 2.39. The highest BCUT2D eigenvalue weighted by Crippen LogP contribution is 2.41. The topological polar surface area (TPSA) is 73.9 Å². The number of amides is 1. The molecule has 1 N–H and O–H groups in total. The number of carbonyl (C=O) groups excluding carboxylic acids is 2. The molecule has 0 saturated heterocycles. The van der Waals surface area contributed by atoms with E-state index in [4.69, 9.17) is 13.9 Å². The van der Waals surface area contributed by atoms with Gasteiger partial charge < -0.3 is 24.0 Å². The summed E-state index contributed by atoms with van der Waals surface area (Å²) in [5.74, 6) is 1.36. The zero-order valence-electron chi connectivity index (χ0n) is 18.0. The summed E-state index contributed by atoms with van der Waals surface area (Å²) < 4.78 is 16.9. The van der Waals surface area contributed by atoms with E-state index < -0.39 is 20.5 Å². The first-order chi connectivity index (χ1) is 12.9. The van der Waals surface area contributed by atoms with Crippen molar-refractivity contribution in [3.63, 3.8) is 0 Å². The lowest BCUT2D eigenvalue weighted by molar-refractivity contribution is -0.109. The van der Waals surface area contributed by atoms with Crippen molar-refractivity contribution < 1.29 is 23.5 Å². The molecule has 0 aliphatic rings. The Morgan fingerprint density at radius 3 is 2.46 bits per heavy atom. The monoisotopic (exact) mass is 407 g/mol. The van der Waals surface area contributed by atoms with E-state index in [2.05, 4.69) is 45.8 Å². The summed E-state index contributed by atoms with van der Waals surface area (Å²) in [5.41, 5.74) is 1.78. The molecule has 0 aliphatic heterocycles. The molecule has 0 aromatic heterocycles. The van der Waals surface area contributed by atoms with E-state index in [1.165, 1.54) is 6.08 Å². The second kappa shape index (κ2) is 9.77. The van der Waals surface area contributed by atoms with Crippen molar-refractivity contribution in [2.24, 2.45) is 0 Å². The van der Waals surface area contributed by atoms with Crippen LogP contribution in [0.2, 0.25) is 18.1 Å². The van der Waals surface area contributed by atoms with Crippen LogP contribution >= 0.6 is 0 Å². The van der Waals surface area contributed by atoms with E-state index in [0.29, 0.717) is 24.2 Å². The first kappa shape index (κ1) is 23.8. The van der Waals surface area contributed by atoms with Gasteiger partial charge in [0.25, 0.3) is 8.32 Å². The summed E-state index contributed by atoms with van der Waals surface area (Å²) in [6, 6.07) is 3.12. The molecule has 0 aliphatic carbocycles. The maximum atomic E-state index is 11.7. The molecule has 6 nitrogen and oxygen atoms in total. The van der Waals surface area contributed by atoms with Gasteiger partial charge in [-0.3, -0.25) is 0 Å². The van der Waals surface area contributed by atoms with Gasteiger partial charge in [0.15, 0.2) is 5.75 Å². The van der Waals surface area contributed by atoms with Gasteiger partial charge in [0.1, 0.15) is 18.6 Å². The van der Waals surface area contributed by atoms with E-state index in [0.717, 1.165) is 11.1 Å². The summed E-state index contributed by atoms with van der Waals surface area (Å²) >= 11 is 0. The van der Waals surface area contributed by atoms with Crippen LogP contribution in [0.15, 0.2) is 24.8 Å². The molecule has 28 heavy (non-hydrogen) atoms. The average molecular weight is 408 g/mol. The van der Waals surface area contributed by atoms with Gasteiger partial charge in [-0.2, -0.15) is 0 Å². The molecule has 1 aromatic carbocycles. The van der Waals surface area contributed by atoms with Crippen LogP contribution in [0.4, 0.5) is 4.79 Å². The number of hydrogen-bond donors (Lipinski definition) is 1. The van der Waals surface area contributed by atoms with E-state index in [-0.39, 0.29) is 11.6 Å². The second-order valence-electron chi connectivity index (χ2n) is 8.28. The molecule has 1 rings (SSSR count). The summed E-state index contributed by atoms with van der Waals surface area (Å²) in [6.07, 6.45) is 1.83. The number of aryl methyl sites for hydroxylation is 1. The lowest BCUT2D eigenvalue weighted by Gasteiger charge is -2.37. The lowest BCUT2D eigenvalue weighted by atomic mass is 10.0. The molecule has 0 heterocycles. The minimum absolute atomic E-state index is 0.0315. The minimum atomic E-state index is -2.08. The van der Waals surface area contributed by atoms with Crippen LogP contribution in [0.25, 0.3) is 0 Å². The Kier molecular flexibility index (Phi) is 8.29. The fourth-order valence-corrected chi connectivity index (χ4v) is 3.42. The number of nitrogens with one attached hydrogen (secondary N) is 1. The van der Waals surface area contributed by atoms with Crippen molar-refractivity contribution >= 4 is 20.7 Å². The third kappa shape index (κ3) is 6.40. The van der Waals surface area contributed by atoms with Gasteiger partial charge in [0.05, 0.1) is 13.2 Å². The Balaban J connectivity index is 3.11. The van der Waals surface area contributed by atoms with Crippen LogP contribution in [0.3, 0.4) is 0 Å². The molecule has 1 aromatic rings. The molecular formula is C21H33NO5Si. The highest BCUT2D eigenvalue weighted by atomic mass is 28.4. The van der Waals surface area contributed by atoms with Gasteiger partial charge in [0.2, 0.25) is 0 Å². The van der Waals surface area contributed by atoms with Crippen LogP contribution < -0.4 is 14.5 Å². The van der Waals surface area contributed by atoms with Crippen molar-refractivity contribution in [3.05, 3.63) is 35.9 Å². The van der Waals surface area contributed by atoms with Gasteiger partial charge in [-0.25, -0.2) is 4.79 Å². The number of ether oxygens (including phenoxy) is 2. The average Bonchev–Trinajstić information content (AvgIpc) is 2.57. The van der Waals surface area contributed by atoms with Crippen LogP contribution in [-0.4, -0.2) is 40.5 Å². The van der Waals surface area contributed by atoms with Crippen LogP contribution in [0.5, 0.6) is 11.5 Å². The fourth-order valence-electron chi connectivity index (χ4n) is 2.41. The number of hydrogen-bond acceptors (Lipinski definition) is 5. The molecule has 0 fully saturated rings. The number of methoxy groups -OCH3 is 1. The SMILES string of the molecule is C=CCOC(=O)N[C@H](C=O)Cc1cc(C)c(OC)c(O[Si](C)(C)C(C)(C)C)c1. The normalized spacial score (nSPS) is 12.7. The van der Waals surface area contributed by atoms with Crippen LogP contribution in [0.1, 0.15) is 31.9 Å². The summed E-state index contributed by atoms with van der Waals surface area (Å²) in [5, 5.41) is 2.58. The fraction of sp³-hybridized carbons (Fsp3) is 0.524. The van der Waals surface area contributed by atoms with E-state index in [1.807, 2.05) is 19.1 Å². The third-order valence-electron chi connectivity index (χ3n) is 4.93. The summed E-state index contributed by atoms with van der Waals surface area (Å²) in [6.45, 7) is 16.3. The molecule has 1 atom stereocenters. The first-order valence-electron chi connectivity index (χ1n) is 9.31. The maximum absolute atomic E-state index is 11.7. The highest BCUT2D eigenvalue weighted by molar-refractivity contribution is 6.74. The largest absolute Gasteiger partial charge is 0.541 e. The molecule has 0 unspecified atom stereocenters. The van der Waals surface area contributed by atoms with Crippen molar-refractivity contribution in [2.75, 3.05) is 13.7 Å². The predicted octanol–water partition coefficient (Wildman–Crippen LogP) is 4.41. The Labute approximate surface area is 169 Å². The van der Waals surface area contributed by atoms with Gasteiger partial charge in [-0.05, 0) is 48.7 Å². The number of aldehydes is 1. The van der Waals surface area contributed by atoms with Crippen LogP contribution in [0, 0.1) is 6.92 Å². The van der Waals surface area contributed by atoms with E-state index in [1.54, 1.807) is 7.11 Å². The number of alkyl carbamates (subject to hydrolysis) is 1. The van der Waals surface area contributed by atoms with Crippen molar-refractivity contribution in [3.8, 4) is 11.5 Å². The van der Waals surface area contributed by atoms with Gasteiger partial charge in [-0.1, -0.05) is 39.5 Å². The zero-order chi connectivity index (χ0) is 21.5. The Bertz CT molecular complexity index is 709. The minimum Gasteiger partial charge on any atom is -0.541 e. The molecule has 156 valence electrons. The quantitative estimate of drug-likeness (QED) is 0.373. The number of benzene rings is 1. The third-order valence-corrected chi connectivity index (χ3v) is 9.27. The second-order valence-corrected chi connectivity index (χ2v) is 13.0. The first-order valence-corrected chi connectivity index (χ1v) is 12.2. The zero-order valence-corrected chi connectivity index (χ0v) is 19.0. The Hall–Kier alpha value is -2.28. The van der Waals surface area contributed by atoms with E-state index in [9.17, 15) is 9.59 Å². The Morgan fingerprint density at radius 1 is 1.32 bits per heavy atom. The number of carbonyl (C=O) groups is 2. The summed E-state index contributed by atoms with van der Waals surface area (Å²) in [7, 11) is -0.460. The molecule has 0 saturated carbocycles. The molecule has 7 heteroatoms. The number of rotatable bonds is 9. The molecule has 0 radical (unpaired) electrons. The summed E-state index contributed by atoms with van der Waals surface area (Å²) in [4.78, 5) is 23.1. The standard InChI is InChI=1S/C21H33NO5Si/c1-9-10-26-20(24)22-17(14-23)12-16-11-15(2)19(25-6)18(13-16)27-28(7,8)21(3,4)5/h9,11,13-14,17H,1,10,12H2,2-8H3,(H,22,24)/t17-/m0/s1. The van der Waals surface area contributed by atoms with E-state index >= 15 is 0 Å². The van der Waals surface area contributed by atoms with Gasteiger partial charge in [0, 0.05) is 0 Å². The maximum Gasteiger partial charge on any atom is 0.408 e.